The predicted octanol–water partition coefficient (Wildman–Crippen LogP) is 4.59. The molecule has 1 aromatic rings. The van der Waals surface area contributed by atoms with Gasteiger partial charge in [-0.3, -0.25) is 0 Å². The van der Waals surface area contributed by atoms with Crippen LogP contribution < -0.4 is 5.32 Å². The molecule has 0 radical (unpaired) electrons. The number of hydrogen-bond acceptors (Lipinski definition) is 1. The predicted molar refractivity (Wildman–Crippen MR) is 81.0 cm³/mol. The third-order valence-electron chi connectivity index (χ3n) is 4.17. The monoisotopic (exact) mass is 247 g/mol. The Morgan fingerprint density at radius 3 is 2.17 bits per heavy atom. The summed E-state index contributed by atoms with van der Waals surface area (Å²) in [5, 5.41) is 3.69. The first-order valence-electron chi connectivity index (χ1n) is 7.47. The molecule has 1 aromatic carbocycles. The number of benzene rings is 1. The molecule has 0 aliphatic rings. The summed E-state index contributed by atoms with van der Waals surface area (Å²) in [6.07, 6.45) is 3.77. The van der Waals surface area contributed by atoms with Crippen LogP contribution in [0.4, 0.5) is 0 Å². The van der Waals surface area contributed by atoms with Gasteiger partial charge in [0.05, 0.1) is 0 Å². The van der Waals surface area contributed by atoms with Crippen molar-refractivity contribution in [1.82, 2.24) is 5.32 Å². The molecule has 0 spiro atoms. The van der Waals surface area contributed by atoms with Crippen LogP contribution in [-0.4, -0.2) is 12.6 Å². The van der Waals surface area contributed by atoms with Crippen molar-refractivity contribution in [1.29, 1.82) is 0 Å². The van der Waals surface area contributed by atoms with Gasteiger partial charge in [-0.2, -0.15) is 0 Å². The van der Waals surface area contributed by atoms with Crippen molar-refractivity contribution in [2.45, 2.75) is 58.9 Å². The highest BCUT2D eigenvalue weighted by molar-refractivity contribution is 5.18. The first kappa shape index (κ1) is 15.2. The van der Waals surface area contributed by atoms with Crippen molar-refractivity contribution >= 4 is 0 Å². The van der Waals surface area contributed by atoms with E-state index in [1.165, 1.54) is 24.8 Å². The zero-order valence-corrected chi connectivity index (χ0v) is 12.4. The molecule has 0 aliphatic carbocycles. The summed E-state index contributed by atoms with van der Waals surface area (Å²) < 4.78 is 0. The minimum atomic E-state index is 0.642. The Kier molecular flexibility index (Phi) is 7.04. The molecule has 0 saturated heterocycles. The van der Waals surface area contributed by atoms with E-state index in [2.05, 4.69) is 63.3 Å². The highest BCUT2D eigenvalue weighted by Gasteiger charge is 2.13. The van der Waals surface area contributed by atoms with Gasteiger partial charge in [-0.05, 0) is 37.3 Å². The number of rotatable bonds is 8. The van der Waals surface area contributed by atoms with Crippen molar-refractivity contribution in [3.63, 3.8) is 0 Å². The topological polar surface area (TPSA) is 12.0 Å². The molecule has 1 heteroatoms. The molecule has 1 nitrogen and oxygen atoms in total. The van der Waals surface area contributed by atoms with E-state index in [0.29, 0.717) is 12.0 Å². The molecule has 0 amide bonds. The van der Waals surface area contributed by atoms with Gasteiger partial charge in [-0.1, -0.05) is 63.9 Å². The normalized spacial score (nSPS) is 14.7. The fraction of sp³-hybridized carbons (Fsp3) is 0.647. The van der Waals surface area contributed by atoms with E-state index in [1.807, 2.05) is 0 Å². The number of nitrogens with one attached hydrogen (secondary N) is 1. The molecule has 0 heterocycles. The highest BCUT2D eigenvalue weighted by atomic mass is 14.9. The van der Waals surface area contributed by atoms with Gasteiger partial charge < -0.3 is 5.32 Å². The Morgan fingerprint density at radius 1 is 1.00 bits per heavy atom. The van der Waals surface area contributed by atoms with E-state index in [1.54, 1.807) is 0 Å². The molecular weight excluding hydrogens is 218 g/mol. The second kappa shape index (κ2) is 8.31. The Balaban J connectivity index is 2.29. The zero-order chi connectivity index (χ0) is 13.4. The largest absolute Gasteiger partial charge is 0.314 e. The van der Waals surface area contributed by atoms with Crippen LogP contribution in [0.15, 0.2) is 30.3 Å². The van der Waals surface area contributed by atoms with Crippen molar-refractivity contribution in [3.8, 4) is 0 Å². The average Bonchev–Trinajstić information content (AvgIpc) is 2.41. The first-order chi connectivity index (χ1) is 8.69. The minimum Gasteiger partial charge on any atom is -0.314 e. The lowest BCUT2D eigenvalue weighted by molar-refractivity contribution is 0.350. The second-order valence-corrected chi connectivity index (χ2v) is 5.42. The second-order valence-electron chi connectivity index (χ2n) is 5.42. The Labute approximate surface area is 113 Å². The molecule has 1 rings (SSSR count). The summed E-state index contributed by atoms with van der Waals surface area (Å²) in [4.78, 5) is 0. The van der Waals surface area contributed by atoms with Crippen LogP contribution >= 0.6 is 0 Å². The lowest BCUT2D eigenvalue weighted by Crippen LogP contribution is -2.34. The smallest absolute Gasteiger partial charge is 0.00667 e. The Hall–Kier alpha value is -0.820. The van der Waals surface area contributed by atoms with Crippen molar-refractivity contribution in [2.24, 2.45) is 5.92 Å². The zero-order valence-electron chi connectivity index (χ0n) is 12.4. The maximum absolute atomic E-state index is 3.69. The van der Waals surface area contributed by atoms with Crippen LogP contribution in [0.2, 0.25) is 0 Å². The van der Waals surface area contributed by atoms with Crippen LogP contribution in [0.1, 0.15) is 58.4 Å². The molecule has 0 bridgehead atoms. The van der Waals surface area contributed by atoms with Crippen molar-refractivity contribution in [3.05, 3.63) is 35.9 Å². The van der Waals surface area contributed by atoms with Gasteiger partial charge in [-0.25, -0.2) is 0 Å². The summed E-state index contributed by atoms with van der Waals surface area (Å²) in [6.45, 7) is 10.3. The molecule has 2 unspecified atom stereocenters. The molecule has 102 valence electrons. The lowest BCUT2D eigenvalue weighted by Gasteiger charge is -2.23. The van der Waals surface area contributed by atoms with Crippen LogP contribution in [0.5, 0.6) is 0 Å². The van der Waals surface area contributed by atoms with Crippen LogP contribution in [0.3, 0.4) is 0 Å². The molecule has 0 aliphatic heterocycles. The summed E-state index contributed by atoms with van der Waals surface area (Å²) in [7, 11) is 0. The maximum Gasteiger partial charge on any atom is 0.00667 e. The van der Waals surface area contributed by atoms with Crippen LogP contribution in [0.25, 0.3) is 0 Å². The Bertz CT molecular complexity index is 303. The van der Waals surface area contributed by atoms with E-state index in [-0.39, 0.29) is 0 Å². The van der Waals surface area contributed by atoms with Gasteiger partial charge in [0.15, 0.2) is 0 Å². The quantitative estimate of drug-likeness (QED) is 0.708. The molecular formula is C17H29N. The fourth-order valence-electron chi connectivity index (χ4n) is 2.64. The molecule has 0 fully saturated rings. The SMILES string of the molecule is CCC(CC)C(C)NCCC(C)c1ccccc1. The third-order valence-corrected chi connectivity index (χ3v) is 4.17. The van der Waals surface area contributed by atoms with Crippen LogP contribution in [0, 0.1) is 5.92 Å². The first-order valence-corrected chi connectivity index (χ1v) is 7.47. The van der Waals surface area contributed by atoms with Gasteiger partial charge >= 0.3 is 0 Å². The maximum atomic E-state index is 3.69. The standard InChI is InChI=1S/C17H29N/c1-5-16(6-2)15(4)18-13-12-14(3)17-10-8-7-9-11-17/h7-11,14-16,18H,5-6,12-13H2,1-4H3. The van der Waals surface area contributed by atoms with E-state index in [4.69, 9.17) is 0 Å². The van der Waals surface area contributed by atoms with Gasteiger partial charge in [0.1, 0.15) is 0 Å². The lowest BCUT2D eigenvalue weighted by atomic mass is 9.94. The van der Waals surface area contributed by atoms with Crippen molar-refractivity contribution < 1.29 is 0 Å². The summed E-state index contributed by atoms with van der Waals surface area (Å²) in [6, 6.07) is 11.5. The molecule has 1 N–H and O–H groups in total. The van der Waals surface area contributed by atoms with Gasteiger partial charge in [-0.15, -0.1) is 0 Å². The van der Waals surface area contributed by atoms with E-state index >= 15 is 0 Å². The minimum absolute atomic E-state index is 0.642. The highest BCUT2D eigenvalue weighted by Crippen LogP contribution is 2.18. The third kappa shape index (κ3) is 4.81. The summed E-state index contributed by atoms with van der Waals surface area (Å²) >= 11 is 0. The Morgan fingerprint density at radius 2 is 1.61 bits per heavy atom. The average molecular weight is 247 g/mol. The summed E-state index contributed by atoms with van der Waals surface area (Å²) in [5.41, 5.74) is 1.45. The molecule has 18 heavy (non-hydrogen) atoms. The van der Waals surface area contributed by atoms with Crippen LogP contribution in [-0.2, 0) is 0 Å². The van der Waals surface area contributed by atoms with Crippen molar-refractivity contribution in [2.75, 3.05) is 6.54 Å². The fourth-order valence-corrected chi connectivity index (χ4v) is 2.64. The molecule has 0 saturated carbocycles. The van der Waals surface area contributed by atoms with Gasteiger partial charge in [0.2, 0.25) is 0 Å². The van der Waals surface area contributed by atoms with E-state index in [9.17, 15) is 0 Å². The van der Waals surface area contributed by atoms with E-state index in [0.717, 1.165) is 12.5 Å². The molecule has 0 aromatic heterocycles. The van der Waals surface area contributed by atoms with Gasteiger partial charge in [0.25, 0.3) is 0 Å². The van der Waals surface area contributed by atoms with Gasteiger partial charge in [0, 0.05) is 6.04 Å². The number of hydrogen-bond donors (Lipinski definition) is 1. The van der Waals surface area contributed by atoms with E-state index < -0.39 is 0 Å². The molecule has 2 atom stereocenters. The summed E-state index contributed by atoms with van der Waals surface area (Å²) in [5.74, 6) is 1.46.